The van der Waals surface area contributed by atoms with Crippen LogP contribution in [0.1, 0.15) is 23.0 Å². The molecule has 10 heteroatoms. The zero-order chi connectivity index (χ0) is 19.4. The molecule has 140 valence electrons. The maximum absolute atomic E-state index is 12.9. The number of carbonyl (C=O) groups is 1. The summed E-state index contributed by atoms with van der Waals surface area (Å²) in [6, 6.07) is 3.55. The van der Waals surface area contributed by atoms with Crippen molar-refractivity contribution in [1.82, 2.24) is 20.2 Å². The number of hydrogen-bond donors (Lipinski definition) is 1. The zero-order valence-corrected chi connectivity index (χ0v) is 17.2. The Balaban J connectivity index is 2.02. The van der Waals surface area contributed by atoms with E-state index in [0.29, 0.717) is 27.7 Å². The third-order valence-electron chi connectivity index (χ3n) is 3.52. The number of nitrogens with one attached hydrogen (secondary N) is 1. The van der Waals surface area contributed by atoms with E-state index in [-0.39, 0.29) is 10.7 Å². The van der Waals surface area contributed by atoms with Crippen LogP contribution in [0.2, 0.25) is 5.15 Å². The van der Waals surface area contributed by atoms with Crippen molar-refractivity contribution in [3.8, 4) is 16.9 Å². The van der Waals surface area contributed by atoms with Crippen LogP contribution in [0.3, 0.4) is 0 Å². The number of ether oxygens (including phenoxy) is 1. The predicted octanol–water partition coefficient (Wildman–Crippen LogP) is 4.33. The number of carbonyl (C=O) groups excluding carboxylic acids is 1. The van der Waals surface area contributed by atoms with E-state index < -0.39 is 5.91 Å². The summed E-state index contributed by atoms with van der Waals surface area (Å²) in [4.78, 5) is 21.2. The molecule has 0 aromatic carbocycles. The standard InChI is InChI=1S/C17H16ClN5O2S2/c1-4-26-17-23-22-16(27-17)21-15(24)13-11(7-9(2)20-14(13)18)10-5-6-19-8-12(10)25-3/h5-8H,4H2,1-3H3,(H,21,22,24). The van der Waals surface area contributed by atoms with Crippen LogP contribution in [0.15, 0.2) is 28.9 Å². The highest BCUT2D eigenvalue weighted by atomic mass is 35.5. The number of halogens is 1. The number of hydrogen-bond acceptors (Lipinski definition) is 8. The van der Waals surface area contributed by atoms with Crippen LogP contribution in [-0.2, 0) is 0 Å². The molecule has 3 aromatic rings. The fraction of sp³-hybridized carbons (Fsp3) is 0.235. The van der Waals surface area contributed by atoms with E-state index in [0.717, 1.165) is 10.1 Å². The Labute approximate surface area is 169 Å². The molecule has 0 unspecified atom stereocenters. The summed E-state index contributed by atoms with van der Waals surface area (Å²) in [7, 11) is 1.55. The van der Waals surface area contributed by atoms with E-state index in [9.17, 15) is 4.79 Å². The third-order valence-corrected chi connectivity index (χ3v) is 5.65. The highest BCUT2D eigenvalue weighted by Gasteiger charge is 2.22. The molecule has 0 aliphatic heterocycles. The van der Waals surface area contributed by atoms with Gasteiger partial charge >= 0.3 is 0 Å². The van der Waals surface area contributed by atoms with Crippen molar-refractivity contribution < 1.29 is 9.53 Å². The maximum Gasteiger partial charge on any atom is 0.261 e. The quantitative estimate of drug-likeness (QED) is 0.360. The van der Waals surface area contributed by atoms with Crippen molar-refractivity contribution in [3.05, 3.63) is 40.9 Å². The first kappa shape index (κ1) is 19.5. The van der Waals surface area contributed by atoms with E-state index >= 15 is 0 Å². The van der Waals surface area contributed by atoms with Crippen LogP contribution in [0.25, 0.3) is 11.1 Å². The van der Waals surface area contributed by atoms with Crippen LogP contribution >= 0.6 is 34.7 Å². The molecule has 7 nitrogen and oxygen atoms in total. The molecule has 0 saturated heterocycles. The lowest BCUT2D eigenvalue weighted by Gasteiger charge is -2.14. The monoisotopic (exact) mass is 421 g/mol. The molecule has 3 aromatic heterocycles. The van der Waals surface area contributed by atoms with Gasteiger partial charge in [-0.05, 0) is 24.8 Å². The predicted molar refractivity (Wildman–Crippen MR) is 108 cm³/mol. The Hall–Kier alpha value is -2.23. The SMILES string of the molecule is CCSc1nnc(NC(=O)c2c(-c3ccncc3OC)cc(C)nc2Cl)s1. The van der Waals surface area contributed by atoms with Crippen molar-refractivity contribution in [2.24, 2.45) is 0 Å². The van der Waals surface area contributed by atoms with Crippen molar-refractivity contribution in [1.29, 1.82) is 0 Å². The maximum atomic E-state index is 12.9. The van der Waals surface area contributed by atoms with Crippen LogP contribution < -0.4 is 10.1 Å². The average Bonchev–Trinajstić information content (AvgIpc) is 3.08. The molecule has 1 amide bonds. The van der Waals surface area contributed by atoms with Gasteiger partial charge in [-0.1, -0.05) is 41.6 Å². The summed E-state index contributed by atoms with van der Waals surface area (Å²) < 4.78 is 6.17. The molecule has 0 saturated carbocycles. The van der Waals surface area contributed by atoms with Crippen molar-refractivity contribution in [2.75, 3.05) is 18.2 Å². The van der Waals surface area contributed by atoms with Gasteiger partial charge in [-0.15, -0.1) is 10.2 Å². The molecule has 0 bridgehead atoms. The number of anilines is 1. The molecule has 0 fully saturated rings. The van der Waals surface area contributed by atoms with Crippen LogP contribution in [0.4, 0.5) is 5.13 Å². The van der Waals surface area contributed by atoms with Gasteiger partial charge in [0.25, 0.3) is 5.91 Å². The molecule has 27 heavy (non-hydrogen) atoms. The third kappa shape index (κ3) is 4.37. The van der Waals surface area contributed by atoms with Crippen LogP contribution in [0, 0.1) is 6.92 Å². The molecule has 0 aliphatic carbocycles. The molecular weight excluding hydrogens is 406 g/mol. The fourth-order valence-corrected chi connectivity index (χ4v) is 4.40. The summed E-state index contributed by atoms with van der Waals surface area (Å²) in [6.45, 7) is 3.83. The van der Waals surface area contributed by atoms with E-state index in [1.165, 1.54) is 11.3 Å². The summed E-state index contributed by atoms with van der Waals surface area (Å²) in [5, 5.41) is 11.3. The van der Waals surface area contributed by atoms with Crippen molar-refractivity contribution in [3.63, 3.8) is 0 Å². The highest BCUT2D eigenvalue weighted by Crippen LogP contribution is 2.35. The Morgan fingerprint density at radius 2 is 2.19 bits per heavy atom. The number of rotatable bonds is 6. The lowest BCUT2D eigenvalue weighted by molar-refractivity contribution is 0.102. The number of thioether (sulfide) groups is 1. The Morgan fingerprint density at radius 3 is 2.93 bits per heavy atom. The number of aromatic nitrogens is 4. The first-order valence-corrected chi connectivity index (χ1v) is 10.1. The lowest BCUT2D eigenvalue weighted by Crippen LogP contribution is -2.15. The summed E-state index contributed by atoms with van der Waals surface area (Å²) >= 11 is 9.20. The first-order valence-electron chi connectivity index (χ1n) is 7.96. The fourth-order valence-electron chi connectivity index (χ4n) is 2.43. The normalized spacial score (nSPS) is 10.7. The van der Waals surface area contributed by atoms with Gasteiger partial charge in [0.05, 0.1) is 18.9 Å². The first-order chi connectivity index (χ1) is 13.0. The highest BCUT2D eigenvalue weighted by molar-refractivity contribution is 8.01. The number of amides is 1. The Kier molecular flexibility index (Phi) is 6.25. The minimum atomic E-state index is -0.412. The van der Waals surface area contributed by atoms with Gasteiger partial charge < -0.3 is 4.74 Å². The average molecular weight is 422 g/mol. The topological polar surface area (TPSA) is 89.9 Å². The number of methoxy groups -OCH3 is 1. The molecule has 0 aliphatic rings. The van der Waals surface area contributed by atoms with Gasteiger partial charge in [0.2, 0.25) is 5.13 Å². The Bertz CT molecular complexity index is 980. The van der Waals surface area contributed by atoms with Gasteiger partial charge in [0.15, 0.2) is 4.34 Å². The Morgan fingerprint density at radius 1 is 1.37 bits per heavy atom. The second-order valence-electron chi connectivity index (χ2n) is 5.31. The van der Waals surface area contributed by atoms with Gasteiger partial charge in [-0.25, -0.2) is 4.98 Å². The second kappa shape index (κ2) is 8.64. The van der Waals surface area contributed by atoms with Crippen molar-refractivity contribution in [2.45, 2.75) is 18.2 Å². The number of aryl methyl sites for hydroxylation is 1. The lowest BCUT2D eigenvalue weighted by atomic mass is 10.0. The van der Waals surface area contributed by atoms with E-state index in [4.69, 9.17) is 16.3 Å². The summed E-state index contributed by atoms with van der Waals surface area (Å²) in [5.74, 6) is 0.999. The van der Waals surface area contributed by atoms with E-state index in [2.05, 4.69) is 25.5 Å². The number of nitrogens with zero attached hydrogens (tertiary/aromatic N) is 4. The largest absolute Gasteiger partial charge is 0.494 e. The van der Waals surface area contributed by atoms with Gasteiger partial charge in [-0.2, -0.15) is 0 Å². The van der Waals surface area contributed by atoms with E-state index in [1.807, 2.05) is 13.8 Å². The molecule has 3 heterocycles. The van der Waals surface area contributed by atoms with E-state index in [1.54, 1.807) is 43.4 Å². The van der Waals surface area contributed by atoms with Crippen LogP contribution in [-0.4, -0.2) is 38.9 Å². The molecule has 0 radical (unpaired) electrons. The van der Waals surface area contributed by atoms with Crippen molar-refractivity contribution >= 4 is 45.7 Å². The molecule has 0 atom stereocenters. The molecular formula is C17H16ClN5O2S2. The van der Waals surface area contributed by atoms with Crippen LogP contribution in [0.5, 0.6) is 5.75 Å². The summed E-state index contributed by atoms with van der Waals surface area (Å²) in [5.41, 5.74) is 2.23. The van der Waals surface area contributed by atoms with Gasteiger partial charge in [0, 0.05) is 23.0 Å². The van der Waals surface area contributed by atoms with Gasteiger partial charge in [0.1, 0.15) is 10.9 Å². The minimum Gasteiger partial charge on any atom is -0.494 e. The second-order valence-corrected chi connectivity index (χ2v) is 8.16. The molecule has 1 N–H and O–H groups in total. The smallest absolute Gasteiger partial charge is 0.261 e. The zero-order valence-electron chi connectivity index (χ0n) is 14.8. The molecule has 0 spiro atoms. The van der Waals surface area contributed by atoms with Gasteiger partial charge in [-0.3, -0.25) is 15.1 Å². The summed E-state index contributed by atoms with van der Waals surface area (Å²) in [6.07, 6.45) is 3.21. The minimum absolute atomic E-state index is 0.106. The number of pyridine rings is 2. The molecule has 3 rings (SSSR count).